The van der Waals surface area contributed by atoms with Crippen molar-refractivity contribution < 1.29 is 9.90 Å². The number of aryl methyl sites for hydroxylation is 1. The van der Waals surface area contributed by atoms with Gasteiger partial charge in [-0.1, -0.05) is 25.0 Å². The van der Waals surface area contributed by atoms with Crippen molar-refractivity contribution in [3.05, 3.63) is 63.9 Å². The van der Waals surface area contributed by atoms with E-state index in [1.165, 1.54) is 6.33 Å². The zero-order valence-corrected chi connectivity index (χ0v) is 18.6. The molecule has 2 N–H and O–H groups in total. The Morgan fingerprint density at radius 1 is 1.31 bits per heavy atom. The van der Waals surface area contributed by atoms with Crippen LogP contribution in [0.3, 0.4) is 0 Å². The Hall–Kier alpha value is -3.14. The Balaban J connectivity index is 1.45. The predicted molar refractivity (Wildman–Crippen MR) is 120 cm³/mol. The van der Waals surface area contributed by atoms with Gasteiger partial charge in [-0.3, -0.25) is 14.2 Å². The number of amides is 1. The van der Waals surface area contributed by atoms with E-state index in [0.717, 1.165) is 48.3 Å². The maximum atomic E-state index is 13.0. The summed E-state index contributed by atoms with van der Waals surface area (Å²) >= 11 is 1.81. The van der Waals surface area contributed by atoms with Crippen molar-refractivity contribution in [2.24, 2.45) is 0 Å². The Labute approximate surface area is 188 Å². The van der Waals surface area contributed by atoms with Crippen molar-refractivity contribution in [2.45, 2.75) is 50.4 Å². The molecule has 0 atom stereocenters. The number of carbonyl (C=O) groups is 1. The molecule has 0 radical (unpaired) electrons. The quantitative estimate of drug-likeness (QED) is 0.624. The number of aromatic hydroxyl groups is 1. The van der Waals surface area contributed by atoms with Gasteiger partial charge < -0.3 is 10.4 Å². The van der Waals surface area contributed by atoms with E-state index < -0.39 is 17.2 Å². The van der Waals surface area contributed by atoms with Crippen molar-refractivity contribution in [3.8, 4) is 11.4 Å². The van der Waals surface area contributed by atoms with Gasteiger partial charge in [0.2, 0.25) is 5.75 Å². The fourth-order valence-corrected chi connectivity index (χ4v) is 6.12. The number of benzene rings is 1. The lowest BCUT2D eigenvalue weighted by Crippen LogP contribution is -2.40. The van der Waals surface area contributed by atoms with Crippen molar-refractivity contribution in [1.82, 2.24) is 29.6 Å². The third kappa shape index (κ3) is 3.48. The molecule has 1 aliphatic heterocycles. The summed E-state index contributed by atoms with van der Waals surface area (Å²) in [7, 11) is 0. The van der Waals surface area contributed by atoms with Crippen molar-refractivity contribution >= 4 is 17.7 Å². The maximum Gasteiger partial charge on any atom is 0.296 e. The summed E-state index contributed by atoms with van der Waals surface area (Å²) in [6, 6.07) is 5.81. The van der Waals surface area contributed by atoms with Crippen molar-refractivity contribution in [2.75, 3.05) is 5.75 Å². The number of aromatic nitrogens is 5. The molecule has 1 aliphatic carbocycles. The summed E-state index contributed by atoms with van der Waals surface area (Å²) in [5.74, 6) is 0.263. The molecule has 3 heterocycles. The first-order valence-electron chi connectivity index (χ1n) is 10.7. The van der Waals surface area contributed by atoms with E-state index >= 15 is 0 Å². The molecular formula is C22H24N6O3S. The average Bonchev–Trinajstić information content (AvgIpc) is 3.49. The molecule has 166 valence electrons. The number of thioether (sulfide) groups is 1. The fourth-order valence-electron chi connectivity index (χ4n) is 4.60. The molecule has 1 fully saturated rings. The molecule has 0 bridgehead atoms. The normalized spacial score (nSPS) is 16.8. The molecule has 1 spiro atoms. The third-order valence-electron chi connectivity index (χ3n) is 6.22. The molecule has 0 saturated heterocycles. The van der Waals surface area contributed by atoms with Gasteiger partial charge in [0.05, 0.1) is 10.4 Å². The number of rotatable bonds is 4. The van der Waals surface area contributed by atoms with Crippen LogP contribution in [0.5, 0.6) is 5.75 Å². The number of hydrogen-bond acceptors (Lipinski definition) is 7. The summed E-state index contributed by atoms with van der Waals surface area (Å²) in [6.45, 7) is 2.66. The zero-order chi connectivity index (χ0) is 22.3. The molecule has 2 aliphatic rings. The number of carbonyl (C=O) groups excluding carboxylic acids is 1. The second-order valence-electron chi connectivity index (χ2n) is 8.29. The lowest BCUT2D eigenvalue weighted by Gasteiger charge is -2.34. The van der Waals surface area contributed by atoms with Gasteiger partial charge in [0.1, 0.15) is 18.5 Å². The Morgan fingerprint density at radius 2 is 2.12 bits per heavy atom. The summed E-state index contributed by atoms with van der Waals surface area (Å²) in [6.07, 6.45) is 7.05. The van der Waals surface area contributed by atoms with Gasteiger partial charge >= 0.3 is 0 Å². The van der Waals surface area contributed by atoms with Crippen LogP contribution in [0.2, 0.25) is 0 Å². The van der Waals surface area contributed by atoms with Crippen LogP contribution in [0.4, 0.5) is 0 Å². The zero-order valence-electron chi connectivity index (χ0n) is 17.7. The van der Waals surface area contributed by atoms with Crippen molar-refractivity contribution in [1.29, 1.82) is 0 Å². The highest BCUT2D eigenvalue weighted by molar-refractivity contribution is 8.00. The van der Waals surface area contributed by atoms with E-state index in [-0.39, 0.29) is 17.0 Å². The largest absolute Gasteiger partial charge is 0.501 e. The first-order chi connectivity index (χ1) is 15.5. The average molecular weight is 453 g/mol. The van der Waals surface area contributed by atoms with E-state index in [1.54, 1.807) is 15.6 Å². The molecule has 1 amide bonds. The fraction of sp³-hybridized carbons (Fsp3) is 0.409. The van der Waals surface area contributed by atoms with Crippen molar-refractivity contribution in [3.63, 3.8) is 0 Å². The van der Waals surface area contributed by atoms with E-state index in [4.69, 9.17) is 0 Å². The summed E-state index contributed by atoms with van der Waals surface area (Å²) in [5.41, 5.74) is 1.93. The minimum absolute atomic E-state index is 0.188. The van der Waals surface area contributed by atoms with Crippen LogP contribution < -0.4 is 10.9 Å². The molecule has 2 aromatic heterocycles. The van der Waals surface area contributed by atoms with Gasteiger partial charge in [-0.25, -0.2) is 14.6 Å². The Kier molecular flexibility index (Phi) is 5.24. The second-order valence-corrected chi connectivity index (χ2v) is 9.77. The predicted octanol–water partition coefficient (Wildman–Crippen LogP) is 2.28. The molecule has 10 heteroatoms. The molecule has 32 heavy (non-hydrogen) atoms. The highest BCUT2D eigenvalue weighted by Crippen LogP contribution is 2.50. The number of nitrogens with one attached hydrogen (secondary N) is 1. The third-order valence-corrected chi connectivity index (χ3v) is 7.75. The molecule has 5 rings (SSSR count). The highest BCUT2D eigenvalue weighted by atomic mass is 32.2. The lowest BCUT2D eigenvalue weighted by atomic mass is 10.1. The first kappa shape index (κ1) is 20.7. The number of fused-ring (bicyclic) bond motifs is 2. The second kappa shape index (κ2) is 8.09. The van der Waals surface area contributed by atoms with Crippen LogP contribution in [0.1, 0.15) is 53.1 Å². The molecule has 1 aromatic carbocycles. The van der Waals surface area contributed by atoms with E-state index in [9.17, 15) is 14.7 Å². The first-order valence-corrected chi connectivity index (χ1v) is 11.7. The van der Waals surface area contributed by atoms with Crippen LogP contribution >= 0.6 is 11.8 Å². The monoisotopic (exact) mass is 452 g/mol. The molecule has 9 nitrogen and oxygen atoms in total. The van der Waals surface area contributed by atoms with E-state index in [2.05, 4.69) is 20.4 Å². The van der Waals surface area contributed by atoms with Crippen LogP contribution in [0, 0.1) is 6.92 Å². The van der Waals surface area contributed by atoms with Gasteiger partial charge in [0.25, 0.3) is 11.5 Å². The summed E-state index contributed by atoms with van der Waals surface area (Å²) in [5, 5.41) is 17.5. The Morgan fingerprint density at radius 3 is 2.88 bits per heavy atom. The molecule has 1 saturated carbocycles. The van der Waals surface area contributed by atoms with Gasteiger partial charge in [0, 0.05) is 18.8 Å². The minimum atomic E-state index is -0.591. The standard InChI is InChI=1S/C22H24N6O3S/c1-14-4-5-15(16(10-14)28-13-23-12-25-28)11-24-19(30)17-18(29)20(31)27-8-9-32-22(21(27)26-17)6-2-3-7-22/h4-5,10,12-13,29H,2-3,6-9,11H2,1H3,(H,24,30). The van der Waals surface area contributed by atoms with Crippen LogP contribution in [0.25, 0.3) is 5.69 Å². The van der Waals surface area contributed by atoms with Gasteiger partial charge in [-0.15, -0.1) is 11.8 Å². The minimum Gasteiger partial charge on any atom is -0.501 e. The van der Waals surface area contributed by atoms with E-state index in [0.29, 0.717) is 12.4 Å². The van der Waals surface area contributed by atoms with Crippen LogP contribution in [-0.4, -0.2) is 41.1 Å². The van der Waals surface area contributed by atoms with Crippen LogP contribution in [-0.2, 0) is 17.8 Å². The summed E-state index contributed by atoms with van der Waals surface area (Å²) < 4.78 is 2.95. The van der Waals surface area contributed by atoms with Gasteiger partial charge in [-0.05, 0) is 37.0 Å². The van der Waals surface area contributed by atoms with Gasteiger partial charge in [-0.2, -0.15) is 5.10 Å². The molecule has 0 unspecified atom stereocenters. The number of hydrogen-bond donors (Lipinski definition) is 2. The molecule has 3 aromatic rings. The SMILES string of the molecule is Cc1ccc(CNC(=O)c2nc3n(c(=O)c2O)CCSC32CCCC2)c(-n2cncn2)c1. The topological polar surface area (TPSA) is 115 Å². The molecular weight excluding hydrogens is 428 g/mol. The summed E-state index contributed by atoms with van der Waals surface area (Å²) in [4.78, 5) is 34.4. The van der Waals surface area contributed by atoms with E-state index in [1.807, 2.05) is 36.9 Å². The number of nitrogens with zero attached hydrogens (tertiary/aromatic N) is 5. The lowest BCUT2D eigenvalue weighted by molar-refractivity contribution is 0.0941. The Bertz CT molecular complexity index is 1230. The maximum absolute atomic E-state index is 13.0. The smallest absolute Gasteiger partial charge is 0.296 e. The van der Waals surface area contributed by atoms with Gasteiger partial charge in [0.15, 0.2) is 5.69 Å². The highest BCUT2D eigenvalue weighted by Gasteiger charge is 2.43. The van der Waals surface area contributed by atoms with Crippen LogP contribution in [0.15, 0.2) is 35.6 Å².